The van der Waals surface area contributed by atoms with E-state index in [1.165, 1.54) is 0 Å². The van der Waals surface area contributed by atoms with Gasteiger partial charge in [0.25, 0.3) is 0 Å². The molecule has 1 aromatic rings. The molecule has 0 saturated heterocycles. The number of nitrogens with zero attached hydrogens (tertiary/aromatic N) is 2. The quantitative estimate of drug-likeness (QED) is 0.807. The Morgan fingerprint density at radius 1 is 1.39 bits per heavy atom. The highest BCUT2D eigenvalue weighted by Gasteiger charge is 2.17. The molecule has 102 valence electrons. The van der Waals surface area contributed by atoms with E-state index in [9.17, 15) is 9.90 Å². The summed E-state index contributed by atoms with van der Waals surface area (Å²) in [7, 11) is 0. The average molecular weight is 252 g/mol. The molecule has 1 heterocycles. The Morgan fingerprint density at radius 3 is 2.56 bits per heavy atom. The third-order valence-electron chi connectivity index (χ3n) is 3.10. The third-order valence-corrected chi connectivity index (χ3v) is 3.10. The first-order valence-electron chi connectivity index (χ1n) is 6.73. The lowest BCUT2D eigenvalue weighted by atomic mass is 10.0. The van der Waals surface area contributed by atoms with E-state index in [0.717, 1.165) is 24.4 Å². The first-order valence-corrected chi connectivity index (χ1v) is 6.73. The van der Waals surface area contributed by atoms with E-state index in [-0.39, 0.29) is 18.1 Å². The van der Waals surface area contributed by atoms with Crippen molar-refractivity contribution in [2.75, 3.05) is 0 Å². The average Bonchev–Trinajstić information content (AvgIpc) is 2.70. The smallest absolute Gasteiger partial charge is 0.140 e. The summed E-state index contributed by atoms with van der Waals surface area (Å²) in [6.45, 7) is 8.36. The lowest BCUT2D eigenvalue weighted by molar-refractivity contribution is -0.124. The minimum absolute atomic E-state index is 0.0798. The van der Waals surface area contributed by atoms with Crippen molar-refractivity contribution in [1.82, 2.24) is 9.55 Å². The largest absolute Gasteiger partial charge is 0.393 e. The SMILES string of the molecule is CCc1cn(CC(C)C(=O)CC(C)O)c(CC)n1. The minimum atomic E-state index is -0.556. The van der Waals surface area contributed by atoms with Crippen molar-refractivity contribution in [3.05, 3.63) is 17.7 Å². The van der Waals surface area contributed by atoms with Gasteiger partial charge in [-0.25, -0.2) is 4.98 Å². The van der Waals surface area contributed by atoms with Crippen molar-refractivity contribution in [3.63, 3.8) is 0 Å². The van der Waals surface area contributed by atoms with Crippen LogP contribution in [-0.4, -0.2) is 26.5 Å². The van der Waals surface area contributed by atoms with Gasteiger partial charge in [-0.05, 0) is 13.3 Å². The van der Waals surface area contributed by atoms with Gasteiger partial charge in [-0.3, -0.25) is 4.79 Å². The van der Waals surface area contributed by atoms with Crippen molar-refractivity contribution in [3.8, 4) is 0 Å². The number of aromatic nitrogens is 2. The number of rotatable bonds is 7. The highest BCUT2D eigenvalue weighted by Crippen LogP contribution is 2.11. The van der Waals surface area contributed by atoms with Gasteiger partial charge in [0.2, 0.25) is 0 Å². The van der Waals surface area contributed by atoms with Gasteiger partial charge in [0.15, 0.2) is 0 Å². The summed E-state index contributed by atoms with van der Waals surface area (Å²) in [6.07, 6.45) is 3.50. The summed E-state index contributed by atoms with van der Waals surface area (Å²) >= 11 is 0. The molecule has 1 rings (SSSR count). The molecule has 2 unspecified atom stereocenters. The second-order valence-electron chi connectivity index (χ2n) is 4.93. The van der Waals surface area contributed by atoms with E-state index in [0.29, 0.717) is 6.54 Å². The van der Waals surface area contributed by atoms with Crippen LogP contribution < -0.4 is 0 Å². The predicted octanol–water partition coefficient (Wildman–Crippen LogP) is 1.98. The number of hydrogen-bond acceptors (Lipinski definition) is 3. The van der Waals surface area contributed by atoms with E-state index < -0.39 is 6.10 Å². The van der Waals surface area contributed by atoms with Crippen LogP contribution in [0.3, 0.4) is 0 Å². The summed E-state index contributed by atoms with van der Waals surface area (Å²) in [5, 5.41) is 9.24. The van der Waals surface area contributed by atoms with Crippen molar-refractivity contribution < 1.29 is 9.90 Å². The topological polar surface area (TPSA) is 55.1 Å². The molecule has 0 saturated carbocycles. The highest BCUT2D eigenvalue weighted by atomic mass is 16.3. The lowest BCUT2D eigenvalue weighted by Crippen LogP contribution is -2.21. The van der Waals surface area contributed by atoms with Crippen LogP contribution in [0.2, 0.25) is 0 Å². The molecule has 0 bridgehead atoms. The maximum Gasteiger partial charge on any atom is 0.140 e. The molecular weight excluding hydrogens is 228 g/mol. The first kappa shape index (κ1) is 14.9. The summed E-state index contributed by atoms with van der Waals surface area (Å²) in [6, 6.07) is 0. The first-order chi connectivity index (χ1) is 8.47. The summed E-state index contributed by atoms with van der Waals surface area (Å²) < 4.78 is 2.07. The van der Waals surface area contributed by atoms with E-state index in [4.69, 9.17) is 0 Å². The summed E-state index contributed by atoms with van der Waals surface area (Å²) in [5.74, 6) is 1.06. The van der Waals surface area contributed by atoms with Crippen LogP contribution >= 0.6 is 0 Å². The predicted molar refractivity (Wildman–Crippen MR) is 71.5 cm³/mol. The molecule has 0 aromatic carbocycles. The second-order valence-corrected chi connectivity index (χ2v) is 4.93. The van der Waals surface area contributed by atoms with Crippen LogP contribution in [0.4, 0.5) is 0 Å². The maximum atomic E-state index is 11.8. The van der Waals surface area contributed by atoms with Gasteiger partial charge in [0.05, 0.1) is 11.8 Å². The van der Waals surface area contributed by atoms with Crippen LogP contribution in [0.1, 0.15) is 45.6 Å². The van der Waals surface area contributed by atoms with Gasteiger partial charge < -0.3 is 9.67 Å². The Balaban J connectivity index is 2.71. The van der Waals surface area contributed by atoms with Crippen LogP contribution in [0.5, 0.6) is 0 Å². The normalized spacial score (nSPS) is 14.5. The van der Waals surface area contributed by atoms with Crippen molar-refractivity contribution >= 4 is 5.78 Å². The Bertz CT molecular complexity index is 396. The number of hydrogen-bond donors (Lipinski definition) is 1. The zero-order chi connectivity index (χ0) is 13.7. The molecule has 0 aliphatic heterocycles. The third kappa shape index (κ3) is 3.95. The fourth-order valence-corrected chi connectivity index (χ4v) is 2.01. The molecular formula is C14H24N2O2. The molecule has 0 aliphatic rings. The fraction of sp³-hybridized carbons (Fsp3) is 0.714. The van der Waals surface area contributed by atoms with E-state index in [1.807, 2.05) is 13.1 Å². The molecule has 4 heteroatoms. The van der Waals surface area contributed by atoms with Crippen molar-refractivity contribution in [2.24, 2.45) is 5.92 Å². The Morgan fingerprint density at radius 2 is 2.06 bits per heavy atom. The number of aliphatic hydroxyl groups excluding tert-OH is 1. The molecule has 0 spiro atoms. The monoisotopic (exact) mass is 252 g/mol. The zero-order valence-corrected chi connectivity index (χ0v) is 11.8. The van der Waals surface area contributed by atoms with Crippen LogP contribution in [0.25, 0.3) is 0 Å². The molecule has 2 atom stereocenters. The fourth-order valence-electron chi connectivity index (χ4n) is 2.01. The number of Topliss-reactive ketones (excluding diaryl/α,β-unsaturated/α-hetero) is 1. The van der Waals surface area contributed by atoms with Crippen molar-refractivity contribution in [1.29, 1.82) is 0 Å². The number of ketones is 1. The van der Waals surface area contributed by atoms with E-state index in [1.54, 1.807) is 6.92 Å². The van der Waals surface area contributed by atoms with Gasteiger partial charge in [0.1, 0.15) is 11.6 Å². The second kappa shape index (κ2) is 6.69. The molecule has 0 aliphatic carbocycles. The molecule has 0 radical (unpaired) electrons. The lowest BCUT2D eigenvalue weighted by Gasteiger charge is -2.14. The van der Waals surface area contributed by atoms with Gasteiger partial charge in [-0.15, -0.1) is 0 Å². The highest BCUT2D eigenvalue weighted by molar-refractivity contribution is 5.80. The van der Waals surface area contributed by atoms with Crippen molar-refractivity contribution in [2.45, 2.75) is 59.6 Å². The maximum absolute atomic E-state index is 11.8. The number of aliphatic hydroxyl groups is 1. The Labute approximate surface area is 109 Å². The number of aryl methyl sites for hydroxylation is 2. The van der Waals surface area contributed by atoms with Gasteiger partial charge >= 0.3 is 0 Å². The number of imidazole rings is 1. The summed E-state index contributed by atoms with van der Waals surface area (Å²) in [4.78, 5) is 16.4. The Kier molecular flexibility index (Phi) is 5.54. The molecule has 18 heavy (non-hydrogen) atoms. The van der Waals surface area contributed by atoms with Crippen LogP contribution in [-0.2, 0) is 24.2 Å². The van der Waals surface area contributed by atoms with E-state index in [2.05, 4.69) is 23.4 Å². The molecule has 1 aromatic heterocycles. The van der Waals surface area contributed by atoms with E-state index >= 15 is 0 Å². The van der Waals surface area contributed by atoms with Crippen LogP contribution in [0, 0.1) is 5.92 Å². The summed E-state index contributed by atoms with van der Waals surface area (Å²) in [5.41, 5.74) is 1.07. The van der Waals surface area contributed by atoms with Gasteiger partial charge in [-0.1, -0.05) is 20.8 Å². The Hall–Kier alpha value is -1.16. The standard InChI is InChI=1S/C14H24N2O2/c1-5-12-9-16(14(6-2)15-12)8-10(3)13(18)7-11(4)17/h9-11,17H,5-8H2,1-4H3. The minimum Gasteiger partial charge on any atom is -0.393 e. The molecule has 0 amide bonds. The van der Waals surface area contributed by atoms with Crippen LogP contribution in [0.15, 0.2) is 6.20 Å². The number of carbonyl (C=O) groups excluding carboxylic acids is 1. The number of carbonyl (C=O) groups is 1. The molecule has 4 nitrogen and oxygen atoms in total. The van der Waals surface area contributed by atoms with Gasteiger partial charge in [0, 0.05) is 31.5 Å². The zero-order valence-electron chi connectivity index (χ0n) is 11.8. The molecule has 0 fully saturated rings. The molecule has 1 N–H and O–H groups in total. The van der Waals surface area contributed by atoms with Gasteiger partial charge in [-0.2, -0.15) is 0 Å².